The van der Waals surface area contributed by atoms with Crippen LogP contribution in [0.3, 0.4) is 0 Å². The molecule has 1 unspecified atom stereocenters. The molecule has 10 nitrogen and oxygen atoms in total. The van der Waals surface area contributed by atoms with Crippen LogP contribution < -0.4 is 44.2 Å². The molecule has 0 saturated heterocycles. The van der Waals surface area contributed by atoms with Gasteiger partial charge in [-0.2, -0.15) is 0 Å². The van der Waals surface area contributed by atoms with Crippen molar-refractivity contribution in [2.24, 2.45) is 0 Å². The van der Waals surface area contributed by atoms with E-state index in [-0.39, 0.29) is 46.6 Å². The van der Waals surface area contributed by atoms with Crippen molar-refractivity contribution >= 4 is 23.5 Å². The summed E-state index contributed by atoms with van der Waals surface area (Å²) in [6, 6.07) is 0. The van der Waals surface area contributed by atoms with E-state index < -0.39 is 23.5 Å². The van der Waals surface area contributed by atoms with Gasteiger partial charge in [0.1, 0.15) is 0 Å². The van der Waals surface area contributed by atoms with Crippen LogP contribution in [0.2, 0.25) is 0 Å². The van der Waals surface area contributed by atoms with Gasteiger partial charge >= 0.3 is 54.4 Å². The molecule has 0 spiro atoms. The summed E-state index contributed by atoms with van der Waals surface area (Å²) >= 11 is 0. The van der Waals surface area contributed by atoms with Crippen LogP contribution in [0, 0.1) is 0 Å². The maximum Gasteiger partial charge on any atom is 2.00 e. The molecule has 1 radical (unpaired) electrons. The second-order valence-electron chi connectivity index (χ2n) is 1.55. The summed E-state index contributed by atoms with van der Waals surface area (Å²) in [6.45, 7) is 0. The zero-order valence-electron chi connectivity index (χ0n) is 6.88. The van der Waals surface area contributed by atoms with E-state index >= 15 is 0 Å². The monoisotopic (exact) mass is 333 g/mol. The van der Waals surface area contributed by atoms with Gasteiger partial charge in [0.25, 0.3) is 7.82 Å². The van der Waals surface area contributed by atoms with E-state index in [2.05, 4.69) is 8.62 Å². The van der Waals surface area contributed by atoms with E-state index in [4.69, 9.17) is 9.79 Å². The summed E-state index contributed by atoms with van der Waals surface area (Å²) in [6.07, 6.45) is 0. The molecule has 0 aliphatic rings. The Balaban J connectivity index is -0.000000720. The van der Waals surface area contributed by atoms with E-state index in [1.807, 2.05) is 0 Å². The quantitative estimate of drug-likeness (QED) is 0.372. The number of hydrogen-bond acceptors (Lipinski definition) is 8. The van der Waals surface area contributed by atoms with Crippen molar-refractivity contribution in [1.29, 1.82) is 0 Å². The molecule has 0 rings (SSSR count). The molecule has 15 heteroatoms. The first-order chi connectivity index (χ1) is 5.41. The Kier molecular flexibility index (Phi) is 10.9. The van der Waals surface area contributed by atoms with Crippen molar-refractivity contribution in [1.82, 2.24) is 0 Å². The molecule has 15 heavy (non-hydrogen) atoms. The molecule has 0 saturated carbocycles. The minimum atomic E-state index is -5.92. The first-order valence-electron chi connectivity index (χ1n) is 2.23. The number of rotatable bonds is 4. The van der Waals surface area contributed by atoms with E-state index in [1.54, 1.807) is 0 Å². The van der Waals surface area contributed by atoms with Crippen molar-refractivity contribution in [2.75, 3.05) is 0 Å². The van der Waals surface area contributed by atoms with Gasteiger partial charge < -0.3 is 29.0 Å². The average molecular weight is 333 g/mol. The molecule has 0 fully saturated rings. The van der Waals surface area contributed by atoms with Crippen LogP contribution >= 0.6 is 23.5 Å². The summed E-state index contributed by atoms with van der Waals surface area (Å²) in [7, 11) is -17.2. The predicted octanol–water partition coefficient (Wildman–Crippen LogP) is -5.59. The fraction of sp³-hybridized carbons (Fsp3) is 0. The molecule has 0 aromatic heterocycles. The molecule has 0 aliphatic carbocycles. The minimum Gasteiger partial charge on any atom is -0.790 e. The van der Waals surface area contributed by atoms with E-state index in [1.165, 1.54) is 0 Å². The summed E-state index contributed by atoms with van der Waals surface area (Å²) < 4.78 is 35.3. The van der Waals surface area contributed by atoms with Crippen LogP contribution in [0.5, 0.6) is 0 Å². The van der Waals surface area contributed by atoms with Gasteiger partial charge in [-0.15, -0.1) is 0 Å². The van der Waals surface area contributed by atoms with Crippen LogP contribution in [0.25, 0.3) is 0 Å². The Labute approximate surface area is 116 Å². The van der Waals surface area contributed by atoms with Crippen molar-refractivity contribution in [3.05, 3.63) is 0 Å². The first kappa shape index (κ1) is 22.1. The van der Waals surface area contributed by atoms with Gasteiger partial charge in [0, 0.05) is 0 Å². The third kappa shape index (κ3) is 15.9. The largest absolute Gasteiger partial charge is 2.00 e. The Morgan fingerprint density at radius 3 is 1.47 bits per heavy atom. The van der Waals surface area contributed by atoms with Gasteiger partial charge in [0.05, 0.1) is 7.82 Å². The van der Waals surface area contributed by atoms with Crippen molar-refractivity contribution in [3.63, 3.8) is 0 Å². The second kappa shape index (κ2) is 7.38. The van der Waals surface area contributed by atoms with Gasteiger partial charge in [0.15, 0.2) is 0 Å². The summed E-state index contributed by atoms with van der Waals surface area (Å²) in [4.78, 5) is 45.3. The van der Waals surface area contributed by atoms with Crippen LogP contribution in [-0.2, 0) is 39.4 Å². The van der Waals surface area contributed by atoms with Gasteiger partial charge in [0.2, 0.25) is 0 Å². The van der Waals surface area contributed by atoms with Crippen molar-refractivity contribution in [2.45, 2.75) is 0 Å². The number of phosphoric acid groups is 3. The normalized spacial score (nSPS) is 15.8. The molecule has 0 bridgehead atoms. The smallest absolute Gasteiger partial charge is 0.790 e. The van der Waals surface area contributed by atoms with Gasteiger partial charge in [-0.1, -0.05) is 0 Å². The molecule has 0 aromatic carbocycles. The zero-order valence-corrected chi connectivity index (χ0v) is 12.7. The summed E-state index contributed by atoms with van der Waals surface area (Å²) in [5.41, 5.74) is 0. The molecule has 2 N–H and O–H groups in total. The van der Waals surface area contributed by atoms with Gasteiger partial charge in [-0.25, -0.2) is 8.88 Å². The fourth-order valence-corrected chi connectivity index (χ4v) is 2.68. The van der Waals surface area contributed by atoms with Crippen LogP contribution in [0.4, 0.5) is 0 Å². The average Bonchev–Trinajstić information content (AvgIpc) is 1.43. The van der Waals surface area contributed by atoms with Crippen molar-refractivity contribution < 1.29 is 93.4 Å². The van der Waals surface area contributed by atoms with Gasteiger partial charge in [-0.3, -0.25) is 8.88 Å². The first-order valence-corrected chi connectivity index (χ1v) is 6.68. The third-order valence-electron chi connectivity index (χ3n) is 0.406. The molecular formula is H2MnNaO10P3. The van der Waals surface area contributed by atoms with E-state index in [0.29, 0.717) is 0 Å². The number of hydrogen-bond donors (Lipinski definition) is 2. The SMILES string of the molecule is O=P([O-])([O-])OP(=O)([O-])OP(=O)(O)O.[Mn+2].[Na+]. The van der Waals surface area contributed by atoms with E-state index in [9.17, 15) is 28.4 Å². The van der Waals surface area contributed by atoms with Crippen molar-refractivity contribution in [3.8, 4) is 0 Å². The Bertz CT molecular complexity index is 283. The Hall–Kier alpha value is 1.93. The zero-order chi connectivity index (χ0) is 10.9. The second-order valence-corrected chi connectivity index (χ2v) is 5.62. The topological polar surface area (TPSA) is 179 Å². The fourth-order valence-electron chi connectivity index (χ4n) is 0.268. The Morgan fingerprint density at radius 2 is 1.27 bits per heavy atom. The third-order valence-corrected chi connectivity index (χ3v) is 3.66. The van der Waals surface area contributed by atoms with E-state index in [0.717, 1.165) is 0 Å². The maximum absolute atomic E-state index is 10.2. The predicted molar refractivity (Wildman–Crippen MR) is 29.4 cm³/mol. The summed E-state index contributed by atoms with van der Waals surface area (Å²) in [5, 5.41) is 0. The molecule has 0 aliphatic heterocycles. The summed E-state index contributed by atoms with van der Waals surface area (Å²) in [5.74, 6) is 0. The maximum atomic E-state index is 10.2. The molecule has 1 atom stereocenters. The van der Waals surface area contributed by atoms with Crippen LogP contribution in [-0.4, -0.2) is 9.79 Å². The van der Waals surface area contributed by atoms with Gasteiger partial charge in [-0.05, 0) is 0 Å². The molecule has 85 valence electrons. The molecular weight excluding hydrogens is 331 g/mol. The minimum absolute atomic E-state index is 0. The van der Waals surface area contributed by atoms with Crippen LogP contribution in [0.1, 0.15) is 0 Å². The van der Waals surface area contributed by atoms with Crippen LogP contribution in [0.15, 0.2) is 0 Å². The standard InChI is InChI=1S/Mn.Na.H5O10P3/c;;1-11(2,3)9-13(7,8)10-12(4,5)6/h;;(H,7,8)(H2,1,2,3)(H2,4,5,6)/q+2;+1;/p-3. The molecule has 0 amide bonds. The Morgan fingerprint density at radius 1 is 0.933 bits per heavy atom. The molecule has 0 heterocycles. The molecule has 0 aromatic rings.